The Balaban J connectivity index is 2.45. The molecule has 64 valence electrons. The summed E-state index contributed by atoms with van der Waals surface area (Å²) in [6.07, 6.45) is 2.77. The number of aromatic nitrogens is 2. The van der Waals surface area contributed by atoms with Gasteiger partial charge in [-0.25, -0.2) is 0 Å². The number of allylic oxidation sites excluding steroid dienone is 1. The highest BCUT2D eigenvalue weighted by atomic mass is 32.1. The van der Waals surface area contributed by atoms with Crippen LogP contribution in [-0.2, 0) is 0 Å². The summed E-state index contributed by atoms with van der Waals surface area (Å²) in [7, 11) is 0. The molecule has 0 spiro atoms. The van der Waals surface area contributed by atoms with E-state index in [-0.39, 0.29) is 5.78 Å². The summed E-state index contributed by atoms with van der Waals surface area (Å²) in [6, 6.07) is 0. The number of nitrogens with zero attached hydrogens (tertiary/aromatic N) is 2. The minimum atomic E-state index is 0.105. The van der Waals surface area contributed by atoms with Crippen LogP contribution in [0.5, 0.6) is 0 Å². The standard InChI is InChI=1S/C8H10N2OS/c1-6(2)3-4-7(11)8-5-9-10-12-8/h5H,1,3-4H2,2H3. The van der Waals surface area contributed by atoms with Crippen molar-refractivity contribution < 1.29 is 4.79 Å². The van der Waals surface area contributed by atoms with Gasteiger partial charge < -0.3 is 0 Å². The van der Waals surface area contributed by atoms with E-state index in [9.17, 15) is 4.79 Å². The molecule has 0 atom stereocenters. The maximum Gasteiger partial charge on any atom is 0.176 e. The van der Waals surface area contributed by atoms with Crippen LogP contribution < -0.4 is 0 Å². The van der Waals surface area contributed by atoms with Crippen molar-refractivity contribution in [2.75, 3.05) is 0 Å². The predicted octanol–water partition coefficient (Wildman–Crippen LogP) is 2.08. The van der Waals surface area contributed by atoms with Crippen LogP contribution in [0.25, 0.3) is 0 Å². The number of carbonyl (C=O) groups is 1. The summed E-state index contributed by atoms with van der Waals surface area (Å²) >= 11 is 1.14. The number of Topliss-reactive ketones (excluding diaryl/α,β-unsaturated/α-hetero) is 1. The summed E-state index contributed by atoms with van der Waals surface area (Å²) in [5.41, 5.74) is 1.03. The van der Waals surface area contributed by atoms with Crippen molar-refractivity contribution in [2.45, 2.75) is 19.8 Å². The van der Waals surface area contributed by atoms with Gasteiger partial charge in [0.25, 0.3) is 0 Å². The van der Waals surface area contributed by atoms with Gasteiger partial charge in [-0.15, -0.1) is 11.7 Å². The smallest absolute Gasteiger partial charge is 0.176 e. The molecule has 0 aliphatic heterocycles. The molecule has 1 aromatic rings. The molecule has 0 amide bonds. The van der Waals surface area contributed by atoms with Gasteiger partial charge >= 0.3 is 0 Å². The van der Waals surface area contributed by atoms with E-state index in [1.54, 1.807) is 0 Å². The molecule has 0 radical (unpaired) electrons. The lowest BCUT2D eigenvalue weighted by Gasteiger charge is -1.95. The second kappa shape index (κ2) is 4.11. The molecule has 1 aromatic heterocycles. The number of rotatable bonds is 4. The van der Waals surface area contributed by atoms with E-state index < -0.39 is 0 Å². The molecule has 0 N–H and O–H groups in total. The zero-order valence-electron chi connectivity index (χ0n) is 6.91. The maximum absolute atomic E-state index is 11.3. The van der Waals surface area contributed by atoms with E-state index in [0.717, 1.165) is 23.5 Å². The van der Waals surface area contributed by atoms with Gasteiger partial charge in [0, 0.05) is 6.42 Å². The van der Waals surface area contributed by atoms with E-state index >= 15 is 0 Å². The van der Waals surface area contributed by atoms with Crippen LogP contribution in [0.15, 0.2) is 18.3 Å². The SMILES string of the molecule is C=C(C)CCC(=O)c1cnns1. The second-order valence-electron chi connectivity index (χ2n) is 2.66. The monoisotopic (exact) mass is 182 g/mol. The molecule has 0 fully saturated rings. The lowest BCUT2D eigenvalue weighted by molar-refractivity contribution is 0.0986. The van der Waals surface area contributed by atoms with Crippen LogP contribution in [0.1, 0.15) is 29.4 Å². The molecule has 0 aliphatic carbocycles. The van der Waals surface area contributed by atoms with Crippen molar-refractivity contribution in [3.8, 4) is 0 Å². The highest BCUT2D eigenvalue weighted by Gasteiger charge is 2.07. The summed E-state index contributed by atoms with van der Waals surface area (Å²) in [4.78, 5) is 11.9. The fraction of sp³-hybridized carbons (Fsp3) is 0.375. The summed E-state index contributed by atoms with van der Waals surface area (Å²) in [5.74, 6) is 0.105. The highest BCUT2D eigenvalue weighted by molar-refractivity contribution is 7.07. The first kappa shape index (κ1) is 9.06. The minimum Gasteiger partial charge on any atom is -0.293 e. The van der Waals surface area contributed by atoms with Crippen molar-refractivity contribution in [3.05, 3.63) is 23.2 Å². The van der Waals surface area contributed by atoms with Crippen molar-refractivity contribution >= 4 is 17.3 Å². The average molecular weight is 182 g/mol. The molecular weight excluding hydrogens is 172 g/mol. The molecule has 1 heterocycles. The molecular formula is C8H10N2OS. The van der Waals surface area contributed by atoms with Crippen molar-refractivity contribution in [3.63, 3.8) is 0 Å². The topological polar surface area (TPSA) is 42.9 Å². The van der Waals surface area contributed by atoms with Crippen molar-refractivity contribution in [2.24, 2.45) is 0 Å². The van der Waals surface area contributed by atoms with E-state index in [0.29, 0.717) is 11.3 Å². The highest BCUT2D eigenvalue weighted by Crippen LogP contribution is 2.10. The lowest BCUT2D eigenvalue weighted by atomic mass is 10.1. The Morgan fingerprint density at radius 3 is 2.92 bits per heavy atom. The van der Waals surface area contributed by atoms with Gasteiger partial charge in [-0.05, 0) is 24.9 Å². The molecule has 0 saturated heterocycles. The largest absolute Gasteiger partial charge is 0.293 e. The molecule has 3 nitrogen and oxygen atoms in total. The summed E-state index contributed by atoms with van der Waals surface area (Å²) < 4.78 is 3.62. The Morgan fingerprint density at radius 1 is 1.67 bits per heavy atom. The van der Waals surface area contributed by atoms with Gasteiger partial charge in [-0.3, -0.25) is 4.79 Å². The van der Waals surface area contributed by atoms with Gasteiger partial charge in [-0.1, -0.05) is 10.1 Å². The summed E-state index contributed by atoms with van der Waals surface area (Å²) in [5, 5.41) is 3.60. The van der Waals surface area contributed by atoms with Gasteiger partial charge in [0.2, 0.25) is 0 Å². The van der Waals surface area contributed by atoms with E-state index in [2.05, 4.69) is 16.2 Å². The molecule has 0 aromatic carbocycles. The van der Waals surface area contributed by atoms with Crippen LogP contribution in [-0.4, -0.2) is 15.4 Å². The van der Waals surface area contributed by atoms with Gasteiger partial charge in [0.15, 0.2) is 5.78 Å². The quantitative estimate of drug-likeness (QED) is 0.529. The Hall–Kier alpha value is -1.03. The third kappa shape index (κ3) is 2.54. The first-order valence-electron chi connectivity index (χ1n) is 3.65. The Morgan fingerprint density at radius 2 is 2.42 bits per heavy atom. The fourth-order valence-corrected chi connectivity index (χ4v) is 1.22. The molecule has 1 rings (SSSR count). The maximum atomic E-state index is 11.3. The van der Waals surface area contributed by atoms with E-state index in [4.69, 9.17) is 0 Å². The van der Waals surface area contributed by atoms with Crippen LogP contribution in [0.4, 0.5) is 0 Å². The van der Waals surface area contributed by atoms with Crippen molar-refractivity contribution in [1.82, 2.24) is 9.59 Å². The van der Waals surface area contributed by atoms with Gasteiger partial charge in [0.1, 0.15) is 4.88 Å². The van der Waals surface area contributed by atoms with E-state index in [1.807, 2.05) is 6.92 Å². The predicted molar refractivity (Wildman–Crippen MR) is 48.3 cm³/mol. The molecule has 0 saturated carbocycles. The van der Waals surface area contributed by atoms with Crippen LogP contribution in [0.2, 0.25) is 0 Å². The van der Waals surface area contributed by atoms with Gasteiger partial charge in [-0.2, -0.15) is 0 Å². The second-order valence-corrected chi connectivity index (χ2v) is 3.45. The number of carbonyl (C=O) groups excluding carboxylic acids is 1. The van der Waals surface area contributed by atoms with Crippen molar-refractivity contribution in [1.29, 1.82) is 0 Å². The molecule has 0 unspecified atom stereocenters. The van der Waals surface area contributed by atoms with E-state index in [1.165, 1.54) is 6.20 Å². The fourth-order valence-electron chi connectivity index (χ4n) is 0.740. The van der Waals surface area contributed by atoms with Gasteiger partial charge in [0.05, 0.1) is 6.20 Å². The molecule has 4 heteroatoms. The Kier molecular flexibility index (Phi) is 3.10. The third-order valence-electron chi connectivity index (χ3n) is 1.41. The zero-order valence-corrected chi connectivity index (χ0v) is 7.73. The number of hydrogen-bond donors (Lipinski definition) is 0. The average Bonchev–Trinajstić information content (AvgIpc) is 2.51. The van der Waals surface area contributed by atoms with Crippen LogP contribution in [0.3, 0.4) is 0 Å². The molecule has 0 bridgehead atoms. The minimum absolute atomic E-state index is 0.105. The first-order chi connectivity index (χ1) is 5.70. The number of hydrogen-bond acceptors (Lipinski definition) is 4. The Bertz CT molecular complexity index is 279. The molecule has 0 aliphatic rings. The van der Waals surface area contributed by atoms with Crippen LogP contribution >= 0.6 is 11.5 Å². The third-order valence-corrected chi connectivity index (χ3v) is 2.12. The first-order valence-corrected chi connectivity index (χ1v) is 4.42. The van der Waals surface area contributed by atoms with Crippen LogP contribution in [0, 0.1) is 0 Å². The summed E-state index contributed by atoms with van der Waals surface area (Å²) in [6.45, 7) is 5.64. The lowest BCUT2D eigenvalue weighted by Crippen LogP contribution is -1.95. The molecule has 12 heavy (non-hydrogen) atoms. The normalized spacial score (nSPS) is 9.75. The Labute approximate surface area is 75.3 Å². The number of ketones is 1. The zero-order chi connectivity index (χ0) is 8.97.